The monoisotopic (exact) mass is 228 g/mol. The van der Waals surface area contributed by atoms with Crippen molar-refractivity contribution >= 4 is 0 Å². The zero-order valence-corrected chi connectivity index (χ0v) is 10.6. The molecule has 0 spiro atoms. The molecule has 2 nitrogen and oxygen atoms in total. The highest BCUT2D eigenvalue weighted by Crippen LogP contribution is 2.40. The number of benzene rings is 1. The Labute approximate surface area is 104 Å². The molecule has 0 radical (unpaired) electrons. The van der Waals surface area contributed by atoms with Crippen LogP contribution < -0.4 is 5.32 Å². The minimum absolute atomic E-state index is 0.175. The summed E-state index contributed by atoms with van der Waals surface area (Å²) in [6.45, 7) is 5.18. The highest BCUT2D eigenvalue weighted by atomic mass is 14.9. The topological polar surface area (TPSA) is 35.8 Å². The molecule has 1 aromatic carbocycles. The maximum atomic E-state index is 9.17. The summed E-state index contributed by atoms with van der Waals surface area (Å²) in [4.78, 5) is 0. The second-order valence-corrected chi connectivity index (χ2v) is 5.31. The largest absolute Gasteiger partial charge is 0.298 e. The fraction of sp³-hybridized carbons (Fsp3) is 0.533. The molecule has 1 aliphatic rings. The van der Waals surface area contributed by atoms with Gasteiger partial charge in [0.05, 0.1) is 6.07 Å². The van der Waals surface area contributed by atoms with Crippen LogP contribution in [0.15, 0.2) is 24.3 Å². The number of hydrogen-bond acceptors (Lipinski definition) is 2. The van der Waals surface area contributed by atoms with Crippen molar-refractivity contribution < 1.29 is 0 Å². The Balaban J connectivity index is 2.00. The van der Waals surface area contributed by atoms with Gasteiger partial charge in [-0.25, -0.2) is 0 Å². The van der Waals surface area contributed by atoms with Gasteiger partial charge in [0.25, 0.3) is 0 Å². The SMILES string of the molecule is CC(C)CNC(C#N)c1ccc(C2CC2)cc1. The fourth-order valence-electron chi connectivity index (χ4n) is 1.97. The van der Waals surface area contributed by atoms with Gasteiger partial charge in [-0.15, -0.1) is 0 Å². The smallest absolute Gasteiger partial charge is 0.121 e. The van der Waals surface area contributed by atoms with Gasteiger partial charge in [0.2, 0.25) is 0 Å². The van der Waals surface area contributed by atoms with Gasteiger partial charge in [0.1, 0.15) is 6.04 Å². The molecule has 2 rings (SSSR count). The maximum absolute atomic E-state index is 9.17. The normalized spacial score (nSPS) is 16.8. The van der Waals surface area contributed by atoms with Crippen molar-refractivity contribution in [2.24, 2.45) is 5.92 Å². The summed E-state index contributed by atoms with van der Waals surface area (Å²) < 4.78 is 0. The first-order valence-electron chi connectivity index (χ1n) is 6.43. The van der Waals surface area contributed by atoms with Gasteiger partial charge in [-0.1, -0.05) is 38.1 Å². The van der Waals surface area contributed by atoms with Gasteiger partial charge in [-0.2, -0.15) is 5.26 Å². The molecule has 0 aromatic heterocycles. The summed E-state index contributed by atoms with van der Waals surface area (Å²) in [5, 5.41) is 12.5. The van der Waals surface area contributed by atoms with Crippen molar-refractivity contribution in [3.05, 3.63) is 35.4 Å². The van der Waals surface area contributed by atoms with E-state index >= 15 is 0 Å². The summed E-state index contributed by atoms with van der Waals surface area (Å²) in [6, 6.07) is 10.7. The lowest BCUT2D eigenvalue weighted by atomic mass is 10.0. The van der Waals surface area contributed by atoms with Crippen molar-refractivity contribution in [1.29, 1.82) is 5.26 Å². The second-order valence-electron chi connectivity index (χ2n) is 5.31. The highest BCUT2D eigenvalue weighted by molar-refractivity contribution is 5.31. The van der Waals surface area contributed by atoms with Crippen molar-refractivity contribution in [3.63, 3.8) is 0 Å². The number of hydrogen-bond donors (Lipinski definition) is 1. The van der Waals surface area contributed by atoms with Crippen LogP contribution in [-0.4, -0.2) is 6.54 Å². The molecule has 0 heterocycles. The van der Waals surface area contributed by atoms with Gasteiger partial charge in [0.15, 0.2) is 0 Å². The van der Waals surface area contributed by atoms with E-state index in [0.717, 1.165) is 18.0 Å². The lowest BCUT2D eigenvalue weighted by Gasteiger charge is -2.14. The lowest BCUT2D eigenvalue weighted by molar-refractivity contribution is 0.525. The van der Waals surface area contributed by atoms with E-state index in [9.17, 15) is 5.26 Å². The summed E-state index contributed by atoms with van der Waals surface area (Å²) >= 11 is 0. The molecule has 1 aromatic rings. The van der Waals surface area contributed by atoms with Crippen molar-refractivity contribution in [3.8, 4) is 6.07 Å². The first kappa shape index (κ1) is 12.1. The highest BCUT2D eigenvalue weighted by Gasteiger charge is 2.23. The third kappa shape index (κ3) is 3.31. The minimum Gasteiger partial charge on any atom is -0.298 e. The van der Waals surface area contributed by atoms with Gasteiger partial charge >= 0.3 is 0 Å². The van der Waals surface area contributed by atoms with E-state index in [2.05, 4.69) is 49.5 Å². The number of nitrogens with zero attached hydrogens (tertiary/aromatic N) is 1. The van der Waals surface area contributed by atoms with E-state index in [4.69, 9.17) is 0 Å². The van der Waals surface area contributed by atoms with Crippen LogP contribution in [0.25, 0.3) is 0 Å². The molecule has 1 N–H and O–H groups in total. The molecule has 1 atom stereocenters. The average Bonchev–Trinajstić information content (AvgIpc) is 3.14. The van der Waals surface area contributed by atoms with Crippen LogP contribution >= 0.6 is 0 Å². The second kappa shape index (κ2) is 5.33. The first-order chi connectivity index (χ1) is 8.20. The standard InChI is InChI=1S/C15H20N2/c1-11(2)10-17-15(9-16)14-7-5-13(6-8-14)12-3-4-12/h5-8,11-12,15,17H,3-4,10H2,1-2H3. The van der Waals surface area contributed by atoms with Crippen LogP contribution in [0.1, 0.15) is 49.8 Å². The van der Waals surface area contributed by atoms with Crippen molar-refractivity contribution in [2.75, 3.05) is 6.54 Å². The summed E-state index contributed by atoms with van der Waals surface area (Å²) in [5.41, 5.74) is 2.51. The molecule has 0 bridgehead atoms. The van der Waals surface area contributed by atoms with Crippen LogP contribution in [0.3, 0.4) is 0 Å². The van der Waals surface area contributed by atoms with Crippen LogP contribution in [0.4, 0.5) is 0 Å². The zero-order chi connectivity index (χ0) is 12.3. The maximum Gasteiger partial charge on any atom is 0.121 e. The van der Waals surface area contributed by atoms with Crippen LogP contribution in [0, 0.1) is 17.2 Å². The Morgan fingerprint density at radius 2 is 1.94 bits per heavy atom. The molecule has 1 saturated carbocycles. The number of nitriles is 1. The fourth-order valence-corrected chi connectivity index (χ4v) is 1.97. The Kier molecular flexibility index (Phi) is 3.81. The van der Waals surface area contributed by atoms with Crippen molar-refractivity contribution in [1.82, 2.24) is 5.32 Å². The molecule has 1 fully saturated rings. The van der Waals surface area contributed by atoms with Gasteiger partial charge < -0.3 is 0 Å². The molecule has 17 heavy (non-hydrogen) atoms. The molecule has 0 saturated heterocycles. The van der Waals surface area contributed by atoms with E-state index in [0.29, 0.717) is 5.92 Å². The van der Waals surface area contributed by atoms with E-state index in [1.807, 2.05) is 0 Å². The van der Waals surface area contributed by atoms with Crippen LogP contribution in [0.2, 0.25) is 0 Å². The lowest BCUT2D eigenvalue weighted by Crippen LogP contribution is -2.24. The molecular weight excluding hydrogens is 208 g/mol. The average molecular weight is 228 g/mol. The summed E-state index contributed by atoms with van der Waals surface area (Å²) in [7, 11) is 0. The molecule has 1 unspecified atom stereocenters. The van der Waals surface area contributed by atoms with Gasteiger partial charge in [-0.05, 0) is 42.3 Å². The Morgan fingerprint density at radius 1 is 1.29 bits per heavy atom. The predicted octanol–water partition coefficient (Wildman–Crippen LogP) is 3.37. The third-order valence-electron chi connectivity index (χ3n) is 3.18. The van der Waals surface area contributed by atoms with E-state index in [1.165, 1.54) is 18.4 Å². The van der Waals surface area contributed by atoms with Crippen molar-refractivity contribution in [2.45, 2.75) is 38.6 Å². The Hall–Kier alpha value is -1.33. The number of rotatable bonds is 5. The molecule has 90 valence electrons. The molecular formula is C15H20N2. The van der Waals surface area contributed by atoms with Gasteiger partial charge in [-0.3, -0.25) is 5.32 Å². The zero-order valence-electron chi connectivity index (χ0n) is 10.6. The van der Waals surface area contributed by atoms with E-state index in [-0.39, 0.29) is 6.04 Å². The first-order valence-corrected chi connectivity index (χ1v) is 6.43. The summed E-state index contributed by atoms with van der Waals surface area (Å²) in [6.07, 6.45) is 2.65. The Bertz CT molecular complexity index is 396. The third-order valence-corrected chi connectivity index (χ3v) is 3.18. The minimum atomic E-state index is -0.175. The quantitative estimate of drug-likeness (QED) is 0.838. The molecule has 0 amide bonds. The van der Waals surface area contributed by atoms with E-state index < -0.39 is 0 Å². The van der Waals surface area contributed by atoms with E-state index in [1.54, 1.807) is 0 Å². The predicted molar refractivity (Wildman–Crippen MR) is 69.6 cm³/mol. The Morgan fingerprint density at radius 3 is 2.41 bits per heavy atom. The van der Waals surface area contributed by atoms with Crippen LogP contribution in [0.5, 0.6) is 0 Å². The van der Waals surface area contributed by atoms with Crippen LogP contribution in [-0.2, 0) is 0 Å². The molecule has 1 aliphatic carbocycles. The molecule has 2 heteroatoms. The molecule has 0 aliphatic heterocycles. The van der Waals surface area contributed by atoms with Gasteiger partial charge in [0, 0.05) is 0 Å². The number of nitrogens with one attached hydrogen (secondary N) is 1. The summed E-state index contributed by atoms with van der Waals surface area (Å²) in [5.74, 6) is 1.35.